The number of methoxy groups -OCH3 is 1. The monoisotopic (exact) mass is 289 g/mol. The third-order valence-electron chi connectivity index (χ3n) is 2.39. The highest BCUT2D eigenvalue weighted by molar-refractivity contribution is 7.90. The highest BCUT2D eigenvalue weighted by Gasteiger charge is 2.18. The van der Waals surface area contributed by atoms with Crippen LogP contribution in [0.2, 0.25) is 0 Å². The zero-order valence-corrected chi connectivity index (χ0v) is 11.1. The van der Waals surface area contributed by atoms with Crippen molar-refractivity contribution in [1.82, 2.24) is 4.72 Å². The molecule has 0 radical (unpaired) electrons. The zero-order chi connectivity index (χ0) is 13.9. The normalized spacial score (nSPS) is 13.5. The Labute approximate surface area is 111 Å². The molecule has 0 spiro atoms. The van der Waals surface area contributed by atoms with Gasteiger partial charge in [0.05, 0.1) is 18.0 Å². The van der Waals surface area contributed by atoms with Crippen molar-refractivity contribution < 1.29 is 22.6 Å². The van der Waals surface area contributed by atoms with E-state index in [1.807, 2.05) is 0 Å². The van der Waals surface area contributed by atoms with Gasteiger partial charge in [0.1, 0.15) is 0 Å². The molecule has 0 atom stereocenters. The maximum atomic E-state index is 11.7. The van der Waals surface area contributed by atoms with E-state index in [2.05, 4.69) is 9.44 Å². The number of anilines is 2. The molecule has 1 heterocycles. The van der Waals surface area contributed by atoms with Crippen molar-refractivity contribution in [3.05, 3.63) is 12.1 Å². The van der Waals surface area contributed by atoms with Gasteiger partial charge in [0.2, 0.25) is 6.79 Å². The molecule has 1 aromatic rings. The van der Waals surface area contributed by atoms with Crippen molar-refractivity contribution in [3.8, 4) is 11.5 Å². The molecule has 2 rings (SSSR count). The second-order valence-corrected chi connectivity index (χ2v) is 5.29. The molecule has 0 aliphatic carbocycles. The van der Waals surface area contributed by atoms with Crippen LogP contribution in [-0.4, -0.2) is 35.5 Å². The van der Waals surface area contributed by atoms with Gasteiger partial charge in [0.25, 0.3) is 10.2 Å². The number of nitrogens with two attached hydrogens (primary N) is 1. The third kappa shape index (κ3) is 3.40. The van der Waals surface area contributed by atoms with Gasteiger partial charge in [0, 0.05) is 25.8 Å². The molecular formula is C10H15N3O5S. The summed E-state index contributed by atoms with van der Waals surface area (Å²) in [6.07, 6.45) is 0. The Bertz CT molecular complexity index is 561. The molecule has 0 bridgehead atoms. The lowest BCUT2D eigenvalue weighted by Gasteiger charge is -2.11. The SMILES string of the molecule is COCCNS(=O)(=O)Nc1cc2c(cc1N)OCO2. The van der Waals surface area contributed by atoms with Gasteiger partial charge < -0.3 is 19.9 Å². The van der Waals surface area contributed by atoms with Crippen LogP contribution < -0.4 is 24.7 Å². The summed E-state index contributed by atoms with van der Waals surface area (Å²) >= 11 is 0. The number of nitrogens with one attached hydrogen (secondary N) is 2. The van der Waals surface area contributed by atoms with Gasteiger partial charge in [-0.2, -0.15) is 13.1 Å². The number of fused-ring (bicyclic) bond motifs is 1. The van der Waals surface area contributed by atoms with Gasteiger partial charge in [-0.25, -0.2) is 0 Å². The van der Waals surface area contributed by atoms with E-state index >= 15 is 0 Å². The molecule has 1 aromatic carbocycles. The fourth-order valence-electron chi connectivity index (χ4n) is 1.51. The highest BCUT2D eigenvalue weighted by atomic mass is 32.2. The van der Waals surface area contributed by atoms with Crippen LogP contribution in [0.15, 0.2) is 12.1 Å². The largest absolute Gasteiger partial charge is 0.454 e. The summed E-state index contributed by atoms with van der Waals surface area (Å²) in [5.41, 5.74) is 6.22. The summed E-state index contributed by atoms with van der Waals surface area (Å²) < 4.78 is 43.1. The summed E-state index contributed by atoms with van der Waals surface area (Å²) in [6.45, 7) is 0.533. The van der Waals surface area contributed by atoms with Crippen molar-refractivity contribution in [2.45, 2.75) is 0 Å². The minimum atomic E-state index is -3.70. The predicted molar refractivity (Wildman–Crippen MR) is 69.4 cm³/mol. The van der Waals surface area contributed by atoms with Crippen molar-refractivity contribution in [2.24, 2.45) is 0 Å². The lowest BCUT2D eigenvalue weighted by Crippen LogP contribution is -2.32. The lowest BCUT2D eigenvalue weighted by atomic mass is 10.2. The summed E-state index contributed by atoms with van der Waals surface area (Å²) in [7, 11) is -2.22. The van der Waals surface area contributed by atoms with Crippen molar-refractivity contribution in [3.63, 3.8) is 0 Å². The first-order valence-corrected chi connectivity index (χ1v) is 6.95. The zero-order valence-electron chi connectivity index (χ0n) is 10.3. The van der Waals surface area contributed by atoms with Gasteiger partial charge in [-0.05, 0) is 0 Å². The molecule has 0 saturated heterocycles. The Hall–Kier alpha value is -1.71. The number of hydrogen-bond donors (Lipinski definition) is 3. The summed E-state index contributed by atoms with van der Waals surface area (Å²) in [5, 5.41) is 0. The average Bonchev–Trinajstić information content (AvgIpc) is 2.76. The maximum Gasteiger partial charge on any atom is 0.299 e. The molecular weight excluding hydrogens is 274 g/mol. The van der Waals surface area contributed by atoms with E-state index in [1.54, 1.807) is 0 Å². The summed E-state index contributed by atoms with van der Waals surface area (Å²) in [4.78, 5) is 0. The molecule has 106 valence electrons. The number of rotatable bonds is 6. The van der Waals surface area contributed by atoms with E-state index in [1.165, 1.54) is 19.2 Å². The van der Waals surface area contributed by atoms with Crippen LogP contribution >= 0.6 is 0 Å². The standard InChI is InChI=1S/C10H15N3O5S/c1-16-3-2-12-19(14,15)13-8-5-10-9(4-7(8)11)17-6-18-10/h4-5,12-13H,2-3,6,11H2,1H3. The molecule has 8 nitrogen and oxygen atoms in total. The molecule has 0 saturated carbocycles. The Kier molecular flexibility index (Phi) is 3.98. The number of benzene rings is 1. The first-order valence-electron chi connectivity index (χ1n) is 5.47. The van der Waals surface area contributed by atoms with E-state index in [-0.39, 0.29) is 31.3 Å². The average molecular weight is 289 g/mol. The molecule has 0 fully saturated rings. The maximum absolute atomic E-state index is 11.7. The van der Waals surface area contributed by atoms with Gasteiger partial charge >= 0.3 is 0 Å². The molecule has 9 heteroatoms. The van der Waals surface area contributed by atoms with Crippen LogP contribution in [0.25, 0.3) is 0 Å². The van der Waals surface area contributed by atoms with Gasteiger partial charge in [-0.3, -0.25) is 4.72 Å². The first kappa shape index (κ1) is 13.7. The second-order valence-electron chi connectivity index (χ2n) is 3.79. The Morgan fingerprint density at radius 3 is 2.74 bits per heavy atom. The number of hydrogen-bond acceptors (Lipinski definition) is 6. The van der Waals surface area contributed by atoms with E-state index in [4.69, 9.17) is 19.9 Å². The van der Waals surface area contributed by atoms with Crippen molar-refractivity contribution >= 4 is 21.6 Å². The fraction of sp³-hybridized carbons (Fsp3) is 0.400. The van der Waals surface area contributed by atoms with E-state index < -0.39 is 10.2 Å². The third-order valence-corrected chi connectivity index (χ3v) is 3.46. The lowest BCUT2D eigenvalue weighted by molar-refractivity contribution is 0.174. The summed E-state index contributed by atoms with van der Waals surface area (Å²) in [6, 6.07) is 2.99. The predicted octanol–water partition coefficient (Wildman–Crippen LogP) is -0.110. The van der Waals surface area contributed by atoms with E-state index in [9.17, 15) is 8.42 Å². The minimum Gasteiger partial charge on any atom is -0.454 e. The number of nitrogen functional groups attached to an aromatic ring is 1. The molecule has 0 unspecified atom stereocenters. The molecule has 0 amide bonds. The number of ether oxygens (including phenoxy) is 3. The quantitative estimate of drug-likeness (QED) is 0.497. The smallest absolute Gasteiger partial charge is 0.299 e. The fourth-order valence-corrected chi connectivity index (χ4v) is 2.40. The van der Waals surface area contributed by atoms with Gasteiger partial charge in [-0.15, -0.1) is 0 Å². The van der Waals surface area contributed by atoms with Crippen LogP contribution in [0.5, 0.6) is 11.5 Å². The van der Waals surface area contributed by atoms with Crippen LogP contribution in [-0.2, 0) is 14.9 Å². The van der Waals surface area contributed by atoms with Crippen LogP contribution in [0.3, 0.4) is 0 Å². The van der Waals surface area contributed by atoms with E-state index in [0.29, 0.717) is 11.5 Å². The Morgan fingerprint density at radius 1 is 1.37 bits per heavy atom. The topological polar surface area (TPSA) is 112 Å². The first-order chi connectivity index (χ1) is 9.02. The van der Waals surface area contributed by atoms with Crippen molar-refractivity contribution in [1.29, 1.82) is 0 Å². The summed E-state index contributed by atoms with van der Waals surface area (Å²) in [5.74, 6) is 0.941. The van der Waals surface area contributed by atoms with Crippen LogP contribution in [0, 0.1) is 0 Å². The van der Waals surface area contributed by atoms with Gasteiger partial charge in [-0.1, -0.05) is 0 Å². The van der Waals surface area contributed by atoms with Gasteiger partial charge in [0.15, 0.2) is 11.5 Å². The molecule has 1 aliphatic rings. The molecule has 4 N–H and O–H groups in total. The van der Waals surface area contributed by atoms with Crippen LogP contribution in [0.1, 0.15) is 0 Å². The van der Waals surface area contributed by atoms with E-state index in [0.717, 1.165) is 0 Å². The van der Waals surface area contributed by atoms with Crippen LogP contribution in [0.4, 0.5) is 11.4 Å². The Morgan fingerprint density at radius 2 is 2.05 bits per heavy atom. The molecule has 0 aromatic heterocycles. The minimum absolute atomic E-state index is 0.0943. The molecule has 1 aliphatic heterocycles. The molecule has 19 heavy (non-hydrogen) atoms. The highest BCUT2D eigenvalue weighted by Crippen LogP contribution is 2.38. The van der Waals surface area contributed by atoms with Crippen molar-refractivity contribution in [2.75, 3.05) is 37.5 Å². The second kappa shape index (κ2) is 5.51. The Balaban J connectivity index is 2.10.